The molecule has 2 aliphatic rings. The zero-order valence-corrected chi connectivity index (χ0v) is 19.9. The molecule has 184 valence electrons. The standard InChI is InChI=1S/C25H19FN2O7S/c1-12-22(24(32)33-2)36-25(27-12)28-19(13-3-6-15(26)7-4-13)18(21(30)23(28)31)20(29)14-5-8-16-17(11-14)35-10-9-34-16/h3-8,11,19,29H,9-10H2,1-2H3/t19-/m0/s1. The van der Waals surface area contributed by atoms with E-state index in [9.17, 15) is 23.9 Å². The number of halogens is 1. The molecule has 11 heteroatoms. The van der Waals surface area contributed by atoms with Gasteiger partial charge in [0.2, 0.25) is 0 Å². The van der Waals surface area contributed by atoms with Crippen molar-refractivity contribution in [1.29, 1.82) is 0 Å². The van der Waals surface area contributed by atoms with E-state index in [0.717, 1.165) is 16.2 Å². The molecule has 0 saturated carbocycles. The first kappa shape index (κ1) is 23.5. The third-order valence-corrected chi connectivity index (χ3v) is 6.94. The highest BCUT2D eigenvalue weighted by molar-refractivity contribution is 7.17. The molecule has 0 unspecified atom stereocenters. The average molecular weight is 510 g/mol. The van der Waals surface area contributed by atoms with Crippen molar-refractivity contribution in [2.75, 3.05) is 25.2 Å². The third-order valence-electron chi connectivity index (χ3n) is 5.81. The predicted octanol–water partition coefficient (Wildman–Crippen LogP) is 3.77. The second-order valence-electron chi connectivity index (χ2n) is 7.98. The molecule has 1 fully saturated rings. The van der Waals surface area contributed by atoms with E-state index >= 15 is 0 Å². The number of hydrogen-bond donors (Lipinski definition) is 1. The Kier molecular flexibility index (Phi) is 5.92. The van der Waals surface area contributed by atoms with E-state index in [2.05, 4.69) is 4.98 Å². The maximum Gasteiger partial charge on any atom is 0.350 e. The predicted molar refractivity (Wildman–Crippen MR) is 127 cm³/mol. The van der Waals surface area contributed by atoms with E-state index in [4.69, 9.17) is 14.2 Å². The van der Waals surface area contributed by atoms with Gasteiger partial charge in [-0.3, -0.25) is 14.5 Å². The smallest absolute Gasteiger partial charge is 0.350 e. The van der Waals surface area contributed by atoms with Crippen LogP contribution in [0, 0.1) is 12.7 Å². The first-order valence-corrected chi connectivity index (χ1v) is 11.6. The van der Waals surface area contributed by atoms with Crippen molar-refractivity contribution in [3.63, 3.8) is 0 Å². The molecule has 1 saturated heterocycles. The third kappa shape index (κ3) is 3.87. The Labute approximate surface area is 208 Å². The maximum absolute atomic E-state index is 13.7. The summed E-state index contributed by atoms with van der Waals surface area (Å²) in [4.78, 5) is 44.3. The molecular weight excluding hydrogens is 491 g/mol. The maximum atomic E-state index is 13.7. The number of carbonyl (C=O) groups is 3. The van der Waals surface area contributed by atoms with E-state index in [1.54, 1.807) is 19.1 Å². The van der Waals surface area contributed by atoms with Gasteiger partial charge in [-0.05, 0) is 42.8 Å². The highest BCUT2D eigenvalue weighted by atomic mass is 32.1. The summed E-state index contributed by atoms with van der Waals surface area (Å²) >= 11 is 0.877. The van der Waals surface area contributed by atoms with Gasteiger partial charge in [0.15, 0.2) is 16.6 Å². The van der Waals surface area contributed by atoms with Gasteiger partial charge in [0.1, 0.15) is 29.7 Å². The number of ether oxygens (including phenoxy) is 3. The van der Waals surface area contributed by atoms with Crippen LogP contribution in [0.1, 0.15) is 32.5 Å². The van der Waals surface area contributed by atoms with Crippen molar-refractivity contribution in [3.8, 4) is 11.5 Å². The van der Waals surface area contributed by atoms with Gasteiger partial charge >= 0.3 is 11.9 Å². The summed E-state index contributed by atoms with van der Waals surface area (Å²) in [5.74, 6) is -2.62. The summed E-state index contributed by atoms with van der Waals surface area (Å²) in [5.41, 5.74) is 0.696. The number of nitrogens with zero attached hydrogens (tertiary/aromatic N) is 2. The van der Waals surface area contributed by atoms with E-state index in [1.807, 2.05) is 0 Å². The summed E-state index contributed by atoms with van der Waals surface area (Å²) in [5, 5.41) is 11.3. The zero-order valence-electron chi connectivity index (χ0n) is 19.1. The van der Waals surface area contributed by atoms with Gasteiger partial charge in [-0.15, -0.1) is 0 Å². The average Bonchev–Trinajstić information content (AvgIpc) is 3.40. The number of aromatic nitrogens is 1. The number of thiazole rings is 1. The van der Waals surface area contributed by atoms with Gasteiger partial charge in [0.25, 0.3) is 5.78 Å². The van der Waals surface area contributed by atoms with Crippen LogP contribution in [0.5, 0.6) is 11.5 Å². The molecular formula is C25H19FN2O7S. The number of anilines is 1. The van der Waals surface area contributed by atoms with E-state index in [0.29, 0.717) is 36.0 Å². The summed E-state index contributed by atoms with van der Waals surface area (Å²) in [6.07, 6.45) is 0. The van der Waals surface area contributed by atoms with Crippen LogP contribution >= 0.6 is 11.3 Å². The lowest BCUT2D eigenvalue weighted by atomic mass is 9.95. The number of aliphatic hydroxyl groups is 1. The number of rotatable bonds is 4. The van der Waals surface area contributed by atoms with Gasteiger partial charge in [0, 0.05) is 5.56 Å². The number of amides is 1. The second kappa shape index (κ2) is 9.08. The van der Waals surface area contributed by atoms with Crippen LogP contribution < -0.4 is 14.4 Å². The van der Waals surface area contributed by atoms with Crippen molar-refractivity contribution < 1.29 is 38.1 Å². The molecule has 1 atom stereocenters. The first-order chi connectivity index (χ1) is 17.3. The molecule has 0 aliphatic carbocycles. The minimum atomic E-state index is -1.13. The van der Waals surface area contributed by atoms with Crippen LogP contribution in [0.2, 0.25) is 0 Å². The van der Waals surface area contributed by atoms with Gasteiger partial charge in [-0.2, -0.15) is 0 Å². The molecule has 0 radical (unpaired) electrons. The van der Waals surface area contributed by atoms with Crippen molar-refractivity contribution in [2.45, 2.75) is 13.0 Å². The number of carbonyl (C=O) groups excluding carboxylic acids is 3. The molecule has 9 nitrogen and oxygen atoms in total. The van der Waals surface area contributed by atoms with Crippen molar-refractivity contribution in [3.05, 3.63) is 75.6 Å². The Morgan fingerprint density at radius 1 is 1.14 bits per heavy atom. The van der Waals surface area contributed by atoms with Crippen LogP contribution in [0.15, 0.2) is 48.0 Å². The fourth-order valence-corrected chi connectivity index (χ4v) is 5.12. The monoisotopic (exact) mass is 510 g/mol. The summed E-state index contributed by atoms with van der Waals surface area (Å²) in [6, 6.07) is 8.73. The Morgan fingerprint density at radius 3 is 2.53 bits per heavy atom. The molecule has 36 heavy (non-hydrogen) atoms. The van der Waals surface area contributed by atoms with Gasteiger partial charge < -0.3 is 19.3 Å². The molecule has 0 bridgehead atoms. The normalized spacial score (nSPS) is 18.4. The Balaban J connectivity index is 1.68. The lowest BCUT2D eigenvalue weighted by Crippen LogP contribution is -2.29. The van der Waals surface area contributed by atoms with Gasteiger partial charge in [-0.25, -0.2) is 14.2 Å². The number of ketones is 1. The number of aliphatic hydroxyl groups excluding tert-OH is 1. The van der Waals surface area contributed by atoms with Crippen LogP contribution in [0.3, 0.4) is 0 Å². The summed E-state index contributed by atoms with van der Waals surface area (Å²) in [6.45, 7) is 2.28. The number of Topliss-reactive ketones (excluding diaryl/α,β-unsaturated/α-hetero) is 1. The van der Waals surface area contributed by atoms with Crippen molar-refractivity contribution in [2.24, 2.45) is 0 Å². The van der Waals surface area contributed by atoms with Crippen molar-refractivity contribution >= 4 is 39.9 Å². The van der Waals surface area contributed by atoms with Crippen LogP contribution in [-0.4, -0.2) is 48.1 Å². The molecule has 2 aromatic carbocycles. The highest BCUT2D eigenvalue weighted by Gasteiger charge is 2.48. The highest BCUT2D eigenvalue weighted by Crippen LogP contribution is 2.44. The largest absolute Gasteiger partial charge is 0.507 e. The van der Waals surface area contributed by atoms with Crippen LogP contribution in [0.4, 0.5) is 9.52 Å². The zero-order chi connectivity index (χ0) is 25.6. The quantitative estimate of drug-likeness (QED) is 0.244. The number of aryl methyl sites for hydroxylation is 1. The van der Waals surface area contributed by atoms with E-state index in [1.165, 1.54) is 37.4 Å². The summed E-state index contributed by atoms with van der Waals surface area (Å²) in [7, 11) is 1.22. The SMILES string of the molecule is COC(=O)c1sc(N2C(=O)C(=O)C(=C(O)c3ccc4c(c3)OCCO4)[C@@H]2c2ccc(F)cc2)nc1C. The number of esters is 1. The molecule has 5 rings (SSSR count). The Morgan fingerprint density at radius 2 is 1.83 bits per heavy atom. The van der Waals surface area contributed by atoms with Gasteiger partial charge in [0.05, 0.1) is 24.4 Å². The number of fused-ring (bicyclic) bond motifs is 1. The first-order valence-electron chi connectivity index (χ1n) is 10.8. The van der Waals surface area contributed by atoms with Crippen molar-refractivity contribution in [1.82, 2.24) is 4.98 Å². The molecule has 3 aromatic rings. The second-order valence-corrected chi connectivity index (χ2v) is 8.96. The molecule has 0 spiro atoms. The Hall–Kier alpha value is -4.25. The number of benzene rings is 2. The lowest BCUT2D eigenvalue weighted by Gasteiger charge is -2.23. The topological polar surface area (TPSA) is 115 Å². The van der Waals surface area contributed by atoms with Gasteiger partial charge in [-0.1, -0.05) is 23.5 Å². The number of hydrogen-bond acceptors (Lipinski definition) is 9. The van der Waals surface area contributed by atoms with E-state index in [-0.39, 0.29) is 21.1 Å². The van der Waals surface area contributed by atoms with Crippen LogP contribution in [-0.2, 0) is 14.3 Å². The lowest BCUT2D eigenvalue weighted by molar-refractivity contribution is -0.132. The fourth-order valence-electron chi connectivity index (χ4n) is 4.10. The van der Waals surface area contributed by atoms with Crippen LogP contribution in [0.25, 0.3) is 5.76 Å². The fraction of sp³-hybridized carbons (Fsp3) is 0.200. The van der Waals surface area contributed by atoms with E-state index < -0.39 is 35.3 Å². The molecule has 1 amide bonds. The molecule has 2 aliphatic heterocycles. The minimum absolute atomic E-state index is 0.0607. The minimum Gasteiger partial charge on any atom is -0.507 e. The molecule has 1 aromatic heterocycles. The Bertz CT molecular complexity index is 1430. The molecule has 3 heterocycles. The molecule has 1 N–H and O–H groups in total. The number of methoxy groups -OCH3 is 1. The summed E-state index contributed by atoms with van der Waals surface area (Å²) < 4.78 is 29.6.